The van der Waals surface area contributed by atoms with Crippen molar-refractivity contribution in [1.29, 1.82) is 0 Å². The number of carbonyl (C=O) groups is 2. The molecule has 21 heavy (non-hydrogen) atoms. The van der Waals surface area contributed by atoms with E-state index in [9.17, 15) is 9.59 Å². The Morgan fingerprint density at radius 2 is 2.00 bits per heavy atom. The number of carboxylic acid groups (broad SMARTS) is 1. The minimum absolute atomic E-state index is 0.0541. The summed E-state index contributed by atoms with van der Waals surface area (Å²) in [4.78, 5) is 26.0. The molecule has 0 spiro atoms. The van der Waals surface area contributed by atoms with Gasteiger partial charge in [0.05, 0.1) is 5.69 Å². The molecule has 1 amide bonds. The van der Waals surface area contributed by atoms with Gasteiger partial charge in [-0.25, -0.2) is 4.79 Å². The van der Waals surface area contributed by atoms with E-state index in [-0.39, 0.29) is 18.2 Å². The Morgan fingerprint density at radius 3 is 2.76 bits per heavy atom. The lowest BCUT2D eigenvalue weighted by molar-refractivity contribution is 0.0692. The number of carbonyl (C=O) groups excluding carboxylic acids is 1. The molecule has 0 bridgehead atoms. The Morgan fingerprint density at radius 1 is 1.24 bits per heavy atom. The standard InChI is InChI=1S/C14H12N2O5/c1-7-4-9(12(15-7)14(18)19)16-13(17)8-2-3-10-11(5-8)21-6-20-10/h2-5,15H,6H2,1H3,(H,16,17)(H,18,19). The number of ether oxygens (including phenoxy) is 2. The third-order valence-electron chi connectivity index (χ3n) is 3.05. The molecule has 3 rings (SSSR count). The molecule has 0 aliphatic carbocycles. The molecule has 1 aromatic heterocycles. The maximum atomic E-state index is 12.2. The maximum absolute atomic E-state index is 12.2. The first-order valence-corrected chi connectivity index (χ1v) is 6.18. The maximum Gasteiger partial charge on any atom is 0.354 e. The zero-order valence-corrected chi connectivity index (χ0v) is 11.1. The van der Waals surface area contributed by atoms with Crippen molar-refractivity contribution in [1.82, 2.24) is 4.98 Å². The van der Waals surface area contributed by atoms with Crippen molar-refractivity contribution < 1.29 is 24.2 Å². The van der Waals surface area contributed by atoms with Crippen LogP contribution in [0.3, 0.4) is 0 Å². The second kappa shape index (κ2) is 4.86. The van der Waals surface area contributed by atoms with E-state index in [0.29, 0.717) is 22.8 Å². The Kier molecular flexibility index (Phi) is 3.02. The molecular weight excluding hydrogens is 276 g/mol. The predicted molar refractivity (Wildman–Crippen MR) is 73.0 cm³/mol. The number of anilines is 1. The van der Waals surface area contributed by atoms with Gasteiger partial charge in [-0.3, -0.25) is 4.79 Å². The van der Waals surface area contributed by atoms with Crippen LogP contribution in [0.5, 0.6) is 11.5 Å². The Hall–Kier alpha value is -2.96. The highest BCUT2D eigenvalue weighted by Crippen LogP contribution is 2.32. The summed E-state index contributed by atoms with van der Waals surface area (Å²) in [6, 6.07) is 6.34. The third-order valence-corrected chi connectivity index (χ3v) is 3.05. The lowest BCUT2D eigenvalue weighted by Crippen LogP contribution is -2.14. The number of nitrogens with one attached hydrogen (secondary N) is 2. The van der Waals surface area contributed by atoms with E-state index < -0.39 is 11.9 Å². The minimum Gasteiger partial charge on any atom is -0.477 e. The van der Waals surface area contributed by atoms with E-state index >= 15 is 0 Å². The van der Waals surface area contributed by atoms with Crippen molar-refractivity contribution in [2.75, 3.05) is 12.1 Å². The van der Waals surface area contributed by atoms with E-state index in [2.05, 4.69) is 10.3 Å². The predicted octanol–water partition coefficient (Wildman–Crippen LogP) is 2.00. The lowest BCUT2D eigenvalue weighted by Gasteiger charge is -2.05. The highest BCUT2D eigenvalue weighted by Gasteiger charge is 2.19. The monoisotopic (exact) mass is 288 g/mol. The Balaban J connectivity index is 1.85. The van der Waals surface area contributed by atoms with Gasteiger partial charge in [-0.05, 0) is 31.2 Å². The SMILES string of the molecule is Cc1cc(NC(=O)c2ccc3c(c2)OCO3)c(C(=O)O)[nH]1. The van der Waals surface area contributed by atoms with Gasteiger partial charge in [0.1, 0.15) is 5.69 Å². The number of hydrogen-bond donors (Lipinski definition) is 3. The van der Waals surface area contributed by atoms with E-state index in [4.69, 9.17) is 14.6 Å². The van der Waals surface area contributed by atoms with Crippen molar-refractivity contribution in [2.24, 2.45) is 0 Å². The van der Waals surface area contributed by atoms with E-state index in [1.165, 1.54) is 0 Å². The van der Waals surface area contributed by atoms with Gasteiger partial charge in [0.15, 0.2) is 11.5 Å². The van der Waals surface area contributed by atoms with Crippen LogP contribution in [0, 0.1) is 6.92 Å². The molecule has 1 aromatic carbocycles. The molecule has 2 aromatic rings. The number of benzene rings is 1. The number of hydrogen-bond acceptors (Lipinski definition) is 4. The van der Waals surface area contributed by atoms with Crippen LogP contribution in [0.1, 0.15) is 26.5 Å². The molecular formula is C14H12N2O5. The highest BCUT2D eigenvalue weighted by molar-refractivity contribution is 6.07. The van der Waals surface area contributed by atoms with Crippen LogP contribution in [0.25, 0.3) is 0 Å². The van der Waals surface area contributed by atoms with Crippen molar-refractivity contribution in [3.05, 3.63) is 41.2 Å². The summed E-state index contributed by atoms with van der Waals surface area (Å²) in [6.45, 7) is 1.84. The Labute approximate surface area is 119 Å². The van der Waals surface area contributed by atoms with Gasteiger partial charge in [-0.15, -0.1) is 0 Å². The van der Waals surface area contributed by atoms with Crippen LogP contribution in [0.2, 0.25) is 0 Å². The zero-order valence-electron chi connectivity index (χ0n) is 11.1. The molecule has 1 aliphatic rings. The van der Waals surface area contributed by atoms with Crippen molar-refractivity contribution in [3.8, 4) is 11.5 Å². The smallest absolute Gasteiger partial charge is 0.354 e. The number of aryl methyl sites for hydroxylation is 1. The number of H-pyrrole nitrogens is 1. The van der Waals surface area contributed by atoms with Gasteiger partial charge in [0.25, 0.3) is 5.91 Å². The van der Waals surface area contributed by atoms with Gasteiger partial charge >= 0.3 is 5.97 Å². The van der Waals surface area contributed by atoms with E-state index in [0.717, 1.165) is 0 Å². The number of rotatable bonds is 3. The number of fused-ring (bicyclic) bond motifs is 1. The summed E-state index contributed by atoms with van der Waals surface area (Å²) in [6.07, 6.45) is 0. The lowest BCUT2D eigenvalue weighted by atomic mass is 10.2. The zero-order chi connectivity index (χ0) is 15.0. The van der Waals surface area contributed by atoms with Crippen LogP contribution >= 0.6 is 0 Å². The van der Waals surface area contributed by atoms with E-state index in [1.807, 2.05) is 0 Å². The van der Waals surface area contributed by atoms with Gasteiger partial charge in [0, 0.05) is 11.3 Å². The van der Waals surface area contributed by atoms with Crippen molar-refractivity contribution >= 4 is 17.6 Å². The summed E-state index contributed by atoms with van der Waals surface area (Å²) in [7, 11) is 0. The first kappa shape index (κ1) is 13.0. The number of aromatic amines is 1. The Bertz CT molecular complexity index is 735. The molecule has 3 N–H and O–H groups in total. The van der Waals surface area contributed by atoms with Crippen molar-refractivity contribution in [3.63, 3.8) is 0 Å². The summed E-state index contributed by atoms with van der Waals surface area (Å²) in [5, 5.41) is 11.6. The molecule has 0 fully saturated rings. The fourth-order valence-electron chi connectivity index (χ4n) is 2.09. The molecule has 1 aliphatic heterocycles. The van der Waals surface area contributed by atoms with Gasteiger partial charge < -0.3 is 24.9 Å². The van der Waals surface area contributed by atoms with Gasteiger partial charge in [-0.1, -0.05) is 0 Å². The van der Waals surface area contributed by atoms with E-state index in [1.54, 1.807) is 31.2 Å². The molecule has 0 saturated carbocycles. The number of aromatic nitrogens is 1. The fraction of sp³-hybridized carbons (Fsp3) is 0.143. The first-order valence-electron chi connectivity index (χ1n) is 6.18. The topological polar surface area (TPSA) is 101 Å². The summed E-state index contributed by atoms with van der Waals surface area (Å²) < 4.78 is 10.4. The average molecular weight is 288 g/mol. The molecule has 7 heteroatoms. The second-order valence-corrected chi connectivity index (χ2v) is 4.57. The minimum atomic E-state index is -1.14. The van der Waals surface area contributed by atoms with Crippen LogP contribution in [-0.4, -0.2) is 28.8 Å². The summed E-state index contributed by atoms with van der Waals surface area (Å²) >= 11 is 0. The molecule has 0 unspecified atom stereocenters. The molecule has 0 atom stereocenters. The largest absolute Gasteiger partial charge is 0.477 e. The summed E-state index contributed by atoms with van der Waals surface area (Å²) in [5.74, 6) is -0.486. The highest BCUT2D eigenvalue weighted by atomic mass is 16.7. The van der Waals surface area contributed by atoms with Crippen LogP contribution < -0.4 is 14.8 Å². The second-order valence-electron chi connectivity index (χ2n) is 4.57. The van der Waals surface area contributed by atoms with Crippen LogP contribution in [-0.2, 0) is 0 Å². The number of amides is 1. The third kappa shape index (κ3) is 2.40. The molecule has 7 nitrogen and oxygen atoms in total. The van der Waals surface area contributed by atoms with Crippen molar-refractivity contribution in [2.45, 2.75) is 6.92 Å². The number of carboxylic acids is 1. The molecule has 0 saturated heterocycles. The average Bonchev–Trinajstić information content (AvgIpc) is 3.04. The summed E-state index contributed by atoms with van der Waals surface area (Å²) in [5.41, 5.74) is 1.17. The molecule has 108 valence electrons. The fourth-order valence-corrected chi connectivity index (χ4v) is 2.09. The van der Waals surface area contributed by atoms with Gasteiger partial charge in [-0.2, -0.15) is 0 Å². The first-order chi connectivity index (χ1) is 10.0. The number of aromatic carboxylic acids is 1. The molecule has 2 heterocycles. The molecule has 0 radical (unpaired) electrons. The van der Waals surface area contributed by atoms with Crippen LogP contribution in [0.4, 0.5) is 5.69 Å². The van der Waals surface area contributed by atoms with Gasteiger partial charge in [0.2, 0.25) is 6.79 Å². The van der Waals surface area contributed by atoms with Crippen LogP contribution in [0.15, 0.2) is 24.3 Å². The quantitative estimate of drug-likeness (QED) is 0.802. The normalized spacial score (nSPS) is 12.2.